The molecule has 0 aromatic heterocycles. The van der Waals surface area contributed by atoms with E-state index in [0.29, 0.717) is 38.5 Å². The van der Waals surface area contributed by atoms with Crippen LogP contribution in [0.2, 0.25) is 0 Å². The Morgan fingerprint density at radius 3 is 2.20 bits per heavy atom. The van der Waals surface area contributed by atoms with E-state index < -0.39 is 106 Å². The van der Waals surface area contributed by atoms with Gasteiger partial charge in [-0.15, -0.1) is 0 Å². The maximum atomic E-state index is 12.6. The minimum Gasteiger partial charge on any atom is -0.726 e. The summed E-state index contributed by atoms with van der Waals surface area (Å²) in [5, 5.41) is 79.4. The van der Waals surface area contributed by atoms with Gasteiger partial charge in [-0.05, 0) is 84.9 Å². The van der Waals surface area contributed by atoms with Crippen LogP contribution in [0.3, 0.4) is 0 Å². The summed E-state index contributed by atoms with van der Waals surface area (Å²) in [6.07, 6.45) is -4.07. The Balaban J connectivity index is 0.00000583. The molecule has 0 spiro atoms. The summed E-state index contributed by atoms with van der Waals surface area (Å²) in [6, 6.07) is 0. The number of rotatable bonds is 11. The second-order valence-corrected chi connectivity index (χ2v) is 17.7. The van der Waals surface area contributed by atoms with Crippen LogP contribution in [0.25, 0.3) is 0 Å². The van der Waals surface area contributed by atoms with Gasteiger partial charge >= 0.3 is 29.6 Å². The fourth-order valence-electron chi connectivity index (χ4n) is 11.2. The molecule has 290 valence electrons. The van der Waals surface area contributed by atoms with E-state index in [1.54, 1.807) is 0 Å². The average Bonchev–Trinajstić information content (AvgIpc) is 3.23. The number of hydrogen-bond donors (Lipinski definition) is 7. The first-order chi connectivity index (χ1) is 23.2. The zero-order valence-electron chi connectivity index (χ0n) is 30.9. The summed E-state index contributed by atoms with van der Waals surface area (Å²) >= 11 is 0. The first-order valence-corrected chi connectivity index (χ1v) is 19.4. The molecule has 5 aliphatic rings. The van der Waals surface area contributed by atoms with Gasteiger partial charge < -0.3 is 54.5 Å². The van der Waals surface area contributed by atoms with E-state index in [-0.39, 0.29) is 60.5 Å². The predicted octanol–water partition coefficient (Wildman–Crippen LogP) is -2.54. The summed E-state index contributed by atoms with van der Waals surface area (Å²) in [4.78, 5) is 0. The molecule has 5 rings (SSSR count). The molecule has 7 N–H and O–H groups in total. The number of ether oxygens (including phenoxy) is 3. The molecule has 51 heavy (non-hydrogen) atoms. The number of methoxy groups -OCH3 is 1. The van der Waals surface area contributed by atoms with E-state index in [2.05, 4.69) is 4.18 Å². The molecule has 14 nitrogen and oxygen atoms in total. The van der Waals surface area contributed by atoms with Gasteiger partial charge in [0.1, 0.15) is 23.9 Å². The first kappa shape index (κ1) is 43.9. The van der Waals surface area contributed by atoms with Crippen LogP contribution in [-0.2, 0) is 28.8 Å². The van der Waals surface area contributed by atoms with Crippen molar-refractivity contribution in [1.29, 1.82) is 0 Å². The van der Waals surface area contributed by atoms with Crippen molar-refractivity contribution in [2.75, 3.05) is 20.3 Å². The van der Waals surface area contributed by atoms with E-state index in [1.807, 2.05) is 46.8 Å². The topological polar surface area (TPSA) is 236 Å². The van der Waals surface area contributed by atoms with Gasteiger partial charge in [-0.2, -0.15) is 0 Å². The zero-order chi connectivity index (χ0) is 37.1. The number of allylic oxidation sites excluding steroid dienone is 2. The quantitative estimate of drug-likeness (QED) is 0.0498. The molecule has 0 aromatic rings. The summed E-state index contributed by atoms with van der Waals surface area (Å²) in [6.45, 7) is 9.87. The third-order valence-corrected chi connectivity index (χ3v) is 14.1. The molecule has 4 saturated carbocycles. The zero-order valence-corrected chi connectivity index (χ0v) is 33.8. The number of hydrogen-bond acceptors (Lipinski definition) is 14. The third-order valence-electron chi connectivity index (χ3n) is 13.7. The van der Waals surface area contributed by atoms with Gasteiger partial charge in [0.25, 0.3) is 0 Å². The van der Waals surface area contributed by atoms with Crippen LogP contribution in [-0.4, -0.2) is 130 Å². The molecule has 4 aliphatic carbocycles. The van der Waals surface area contributed by atoms with Crippen LogP contribution >= 0.6 is 0 Å². The number of fused-ring (bicyclic) bond motifs is 5. The molecule has 0 amide bonds. The molecule has 18 atom stereocenters. The van der Waals surface area contributed by atoms with Gasteiger partial charge in [0, 0.05) is 13.0 Å². The SMILES string of the molecule is COC1C(OS(=O)(=O)[O-])[C@H](OCC[C@@H](/C=C/[C@@H](C)[C@H]2[C@@H](O)[C@@H](O)C3[C@@]4(O)C(CC[C@@]32C)[C@@]2(C)CC[C@H](O)CC2[C@@H](O)[C@H]4O)C(C)C)OC[C@H]1O.[Na+]. The normalized spacial score (nSPS) is 48.4. The monoisotopic (exact) mass is 758 g/mol. The third kappa shape index (κ3) is 7.94. The summed E-state index contributed by atoms with van der Waals surface area (Å²) in [5.74, 6) is -2.38. The van der Waals surface area contributed by atoms with Gasteiger partial charge in [-0.3, -0.25) is 4.18 Å². The van der Waals surface area contributed by atoms with Crippen molar-refractivity contribution >= 4 is 10.4 Å². The summed E-state index contributed by atoms with van der Waals surface area (Å²) in [7, 11) is -3.91. The molecular formula is C35H59NaO14S. The van der Waals surface area contributed by atoms with Crippen LogP contribution in [0.1, 0.15) is 73.1 Å². The van der Waals surface area contributed by atoms with Gasteiger partial charge in [-0.25, -0.2) is 8.42 Å². The van der Waals surface area contributed by atoms with Gasteiger partial charge in [0.2, 0.25) is 10.4 Å². The van der Waals surface area contributed by atoms with Gasteiger partial charge in [-0.1, -0.05) is 46.8 Å². The van der Waals surface area contributed by atoms with Crippen molar-refractivity contribution in [3.63, 3.8) is 0 Å². The van der Waals surface area contributed by atoms with Crippen LogP contribution < -0.4 is 29.6 Å². The molecule has 16 heteroatoms. The largest absolute Gasteiger partial charge is 1.00 e. The smallest absolute Gasteiger partial charge is 0.726 e. The van der Waals surface area contributed by atoms with Crippen molar-refractivity contribution in [3.05, 3.63) is 12.2 Å². The molecule has 1 heterocycles. The van der Waals surface area contributed by atoms with E-state index in [1.165, 1.54) is 7.11 Å². The second-order valence-electron chi connectivity index (χ2n) is 16.7. The Labute approximate surface area is 324 Å². The van der Waals surface area contributed by atoms with Crippen molar-refractivity contribution in [2.24, 2.45) is 52.3 Å². The number of aliphatic hydroxyl groups excluding tert-OH is 6. The fraction of sp³-hybridized carbons (Fsp3) is 0.943. The molecule has 1 saturated heterocycles. The Hall–Kier alpha value is 0.210. The molecule has 5 unspecified atom stereocenters. The summed E-state index contributed by atoms with van der Waals surface area (Å²) in [5.41, 5.74) is -3.18. The Morgan fingerprint density at radius 2 is 1.59 bits per heavy atom. The maximum absolute atomic E-state index is 12.6. The predicted molar refractivity (Wildman–Crippen MR) is 177 cm³/mol. The molecule has 1 aliphatic heterocycles. The average molecular weight is 759 g/mol. The Bertz CT molecular complexity index is 1320. The standard InChI is InChI=1S/C35H60O14S.Na/c1-17(2)19(11-14-47-32-29(49-50(43,44)45)28(46-6)22(37)16-48-32)8-7-18(3)24-26(39)27(40)30-34(24,5)13-10-23-33(4)12-9-20(36)15-21(33)25(38)31(41)35(23,30)42;/h7-8,17-32,36-42H,9-16H2,1-6H3,(H,43,44,45);/q;+1/p-1/b8-7+;/t18-,19-,20+,21?,22-,23?,24+,25-,26-,27-,28?,29?,30?,31-,32-,33+,34-,35+;/m1./s1. The van der Waals surface area contributed by atoms with Crippen LogP contribution in [0.4, 0.5) is 0 Å². The fourth-order valence-corrected chi connectivity index (χ4v) is 11.7. The van der Waals surface area contributed by atoms with E-state index >= 15 is 0 Å². The van der Waals surface area contributed by atoms with Crippen molar-refractivity contribution in [2.45, 2.75) is 134 Å². The summed E-state index contributed by atoms with van der Waals surface area (Å²) < 4.78 is 55.2. The van der Waals surface area contributed by atoms with Crippen LogP contribution in [0, 0.1) is 52.3 Å². The van der Waals surface area contributed by atoms with Crippen molar-refractivity contribution in [3.8, 4) is 0 Å². The maximum Gasteiger partial charge on any atom is 1.00 e. The van der Waals surface area contributed by atoms with Gasteiger partial charge in [0.15, 0.2) is 12.4 Å². The van der Waals surface area contributed by atoms with E-state index in [4.69, 9.17) is 14.2 Å². The van der Waals surface area contributed by atoms with Crippen LogP contribution in [0.15, 0.2) is 12.2 Å². The molecule has 0 aromatic carbocycles. The minimum atomic E-state index is -5.15. The minimum absolute atomic E-state index is 0. The Kier molecular flexibility index (Phi) is 14.1. The van der Waals surface area contributed by atoms with Crippen molar-refractivity contribution < 1.29 is 96.7 Å². The molecular weight excluding hydrogens is 699 g/mol. The van der Waals surface area contributed by atoms with E-state index in [0.717, 1.165) is 0 Å². The second kappa shape index (κ2) is 16.4. The van der Waals surface area contributed by atoms with Crippen molar-refractivity contribution in [1.82, 2.24) is 0 Å². The van der Waals surface area contributed by atoms with Crippen LogP contribution in [0.5, 0.6) is 0 Å². The Morgan fingerprint density at radius 1 is 0.941 bits per heavy atom. The molecule has 0 radical (unpaired) electrons. The molecule has 0 bridgehead atoms. The van der Waals surface area contributed by atoms with Gasteiger partial charge in [0.05, 0.1) is 37.6 Å². The first-order valence-electron chi connectivity index (χ1n) is 18.1. The van der Waals surface area contributed by atoms with E-state index in [9.17, 15) is 48.7 Å². The number of aliphatic hydroxyl groups is 7. The molecule has 5 fully saturated rings.